The van der Waals surface area contributed by atoms with Gasteiger partial charge in [-0.1, -0.05) is 314 Å². The number of carbonyl (C=O) groups is 2. The number of aliphatic hydroxyl groups excluding tert-OH is 3. The summed E-state index contributed by atoms with van der Waals surface area (Å²) in [5.74, 6) is 13.5. The summed E-state index contributed by atoms with van der Waals surface area (Å²) in [7, 11) is -4.86. The molecule has 5 aromatic rings. The molecule has 15 heteroatoms. The fourth-order valence-corrected chi connectivity index (χ4v) is 8.49. The minimum atomic E-state index is -1.10. The molecule has 0 unspecified atom stereocenters. The molecule has 0 aliphatic heterocycles. The van der Waals surface area contributed by atoms with Crippen molar-refractivity contribution in [2.75, 3.05) is 24.8 Å². The van der Waals surface area contributed by atoms with Crippen LogP contribution in [0.15, 0.2) is 176 Å². The second-order valence-corrected chi connectivity index (χ2v) is 49.6. The maximum atomic E-state index is 11.2. The third-order valence-corrected chi connectivity index (χ3v) is 13.9. The van der Waals surface area contributed by atoms with Gasteiger partial charge in [0.15, 0.2) is 5.78 Å². The van der Waals surface area contributed by atoms with Gasteiger partial charge in [0.2, 0.25) is 0 Å². The summed E-state index contributed by atoms with van der Waals surface area (Å²) in [6.07, 6.45) is 20.1. The number of ketones is 1. The zero-order valence-corrected chi connectivity index (χ0v) is 70.2. The van der Waals surface area contributed by atoms with E-state index in [1.165, 1.54) is 11.7 Å². The molecule has 0 fully saturated rings. The molecule has 3 N–H and O–H groups in total. The zero-order valence-electron chi connectivity index (χ0n) is 63.1. The van der Waals surface area contributed by atoms with Crippen LogP contribution in [-0.4, -0.2) is 105 Å². The van der Waals surface area contributed by atoms with Crippen LogP contribution in [0.4, 0.5) is 4.79 Å². The average Bonchev–Trinajstić information content (AvgIpc) is 3.10. The monoisotopic (exact) mass is 1500 g/mol. The number of benzene rings is 5. The van der Waals surface area contributed by atoms with Crippen LogP contribution < -0.4 is 0 Å². The molecule has 0 aromatic heterocycles. The third-order valence-electron chi connectivity index (χ3n) is 9.03. The molecule has 0 aliphatic rings. The number of alkyl halides is 1. The van der Waals surface area contributed by atoms with Crippen molar-refractivity contribution >= 4 is 106 Å². The molecule has 0 heterocycles. The number of hydrogen-bond acceptors (Lipinski definition) is 8. The number of ether oxygens (including phenoxy) is 2. The second kappa shape index (κ2) is 66.4. The standard InChI is InChI=1S/C14H18O3.C10H10O.2C9H10O.C7H8.4C6H12Si.C5H10Si.C2HBO2.CH3I/c1-14(2,3)17-13(15)16-11-7-10-12-8-5-4-6-9-12;1-9(11)7-8-10-5-3-2-4-6-10;2*10-8-4-7-9-5-2-1-3-6-9;1-7-5-3-2-4-6-7;4*1-5-6-7(2,3)4;1-5-6(2,3)4;4-2-1-3-5;1-2/h4-10H,11H2,1-3H3;2-8H,1H3;2*1-7,10H,8H2;2-6H,1H3;4*1-4H3;1H,2-4H3;4H;1H3/b10-7+;8-7+;2*7-4+;;;;;;;;. The van der Waals surface area contributed by atoms with Crippen LogP contribution in [0.3, 0.4) is 0 Å². The van der Waals surface area contributed by atoms with E-state index in [1.54, 1.807) is 57.8 Å². The second-order valence-electron chi connectivity index (χ2n) is 25.9. The summed E-state index contributed by atoms with van der Waals surface area (Å²) in [6.45, 7) is 50.4. The van der Waals surface area contributed by atoms with Crippen molar-refractivity contribution in [3.8, 4) is 69.7 Å². The van der Waals surface area contributed by atoms with Crippen LogP contribution in [0.2, 0.25) is 98.2 Å². The van der Waals surface area contributed by atoms with E-state index in [0.717, 1.165) is 22.3 Å². The van der Waals surface area contributed by atoms with Crippen LogP contribution >= 0.6 is 22.6 Å². The Morgan fingerprint density at radius 1 is 0.490 bits per heavy atom. The van der Waals surface area contributed by atoms with Gasteiger partial charge in [0.1, 0.15) is 52.6 Å². The molecule has 0 saturated heterocycles. The first-order valence-electron chi connectivity index (χ1n) is 31.4. The smallest absolute Gasteiger partial charge is 0.0615 e. The number of aliphatic hydroxyl groups is 3. The molecule has 96 heavy (non-hydrogen) atoms. The molecule has 0 spiro atoms. The molecule has 0 saturated carbocycles. The average molecular weight is 1500 g/mol. The summed E-state index contributed by atoms with van der Waals surface area (Å²) >= 11 is 2.15. The first kappa shape index (κ1) is 102. The van der Waals surface area contributed by atoms with Crippen LogP contribution in [0.1, 0.15) is 83.2 Å². The number of aryl methyl sites for hydroxylation is 1. The van der Waals surface area contributed by atoms with E-state index in [4.69, 9.17) is 35.9 Å². The van der Waals surface area contributed by atoms with Crippen LogP contribution in [-0.2, 0) is 19.0 Å². The Kier molecular flexibility index (Phi) is 70.7. The van der Waals surface area contributed by atoms with Crippen molar-refractivity contribution in [1.29, 1.82) is 0 Å². The Morgan fingerprint density at radius 2 is 0.750 bits per heavy atom. The zero-order chi connectivity index (χ0) is 75.4. The van der Waals surface area contributed by atoms with Crippen molar-refractivity contribution < 1.29 is 39.1 Å². The molecule has 0 bridgehead atoms. The molecule has 0 radical (unpaired) electrons. The number of terminal acetylenes is 1. The number of carbonyl (C=O) groups excluding carboxylic acids is 2. The maximum absolute atomic E-state index is 11.2. The van der Waals surface area contributed by atoms with E-state index in [0.29, 0.717) is 7.15 Å². The van der Waals surface area contributed by atoms with E-state index >= 15 is 0 Å². The Morgan fingerprint density at radius 3 is 0.917 bits per heavy atom. The Balaban J connectivity index is -0.000000184. The van der Waals surface area contributed by atoms with Crippen LogP contribution in [0.5, 0.6) is 0 Å². The van der Waals surface area contributed by atoms with Gasteiger partial charge >= 0.3 is 35.0 Å². The van der Waals surface area contributed by atoms with E-state index in [9.17, 15) is 9.59 Å². The Bertz CT molecular complexity index is 3040. The van der Waals surface area contributed by atoms with Gasteiger partial charge in [0.25, 0.3) is 0 Å². The maximum Gasteiger partial charge on any atom is 0.0615 e. The van der Waals surface area contributed by atoms with Crippen LogP contribution in [0, 0.1) is 76.7 Å². The van der Waals surface area contributed by atoms with Gasteiger partial charge in [-0.3, -0.25) is 4.79 Å². The molecule has 5 rings (SSSR count). The topological polar surface area (TPSA) is 130 Å². The first-order chi connectivity index (χ1) is 44.7. The molecule has 0 aliphatic carbocycles. The molecule has 0 amide bonds. The summed E-state index contributed by atoms with van der Waals surface area (Å²) in [6, 6.07) is 49.6. The molecule has 520 valence electrons. The quantitative estimate of drug-likeness (QED) is 0.0332. The summed E-state index contributed by atoms with van der Waals surface area (Å²) < 4.78 is 19.0. The number of halogens is 1. The van der Waals surface area contributed by atoms with Crippen molar-refractivity contribution in [2.24, 2.45) is 0 Å². The number of rotatable bonds is 9. The van der Waals surface area contributed by atoms with E-state index in [2.05, 4.69) is 191 Å². The van der Waals surface area contributed by atoms with Gasteiger partial charge in [-0.05, 0) is 102 Å². The largest absolute Gasteiger partial charge is 0.392 e. The predicted octanol–water partition coefficient (Wildman–Crippen LogP) is 20.7. The SMILES string of the molecule is C#C[Si](C)(C)C.CC#C[Si](C)(C)C.CC#C[Si](C)(C)C.CC#C[Si](C)(C)C.CC#C[Si](C)(C)C.CC(=O)/C=C/c1ccccc1.CC(C)(C)OC(=O)OC/C=C/c1ccccc1.CI.Cc1ccccc1.O=BC#CO.OC/C=C/c1ccccc1.OC/C=C/c1ccccc1. The molecule has 8 nitrogen and oxygen atoms in total. The predicted molar refractivity (Wildman–Crippen MR) is 446 cm³/mol. The van der Waals surface area contributed by atoms with Gasteiger partial charge in [0, 0.05) is 0 Å². The molecule has 0 atom stereocenters. The fourth-order valence-electron chi connectivity index (χ4n) is 5.49. The normalized spacial score (nSPS) is 9.74. The first-order valence-corrected chi connectivity index (χ1v) is 51.1. The summed E-state index contributed by atoms with van der Waals surface area (Å²) in [5.41, 5.74) is 20.6. The molecular weight excluding hydrogens is 1380 g/mol. The van der Waals surface area contributed by atoms with E-state index < -0.39 is 52.1 Å². The third kappa shape index (κ3) is 103. The van der Waals surface area contributed by atoms with Crippen molar-refractivity contribution in [1.82, 2.24) is 0 Å². The minimum Gasteiger partial charge on any atom is -0.392 e. The van der Waals surface area contributed by atoms with Gasteiger partial charge in [-0.25, -0.2) is 4.79 Å². The van der Waals surface area contributed by atoms with E-state index in [-0.39, 0.29) is 25.6 Å². The number of allylic oxidation sites excluding steroid dienone is 1. The number of hydrogen-bond donors (Lipinski definition) is 3. The van der Waals surface area contributed by atoms with Gasteiger partial charge in [-0.15, -0.1) is 57.8 Å². The minimum absolute atomic E-state index is 0.0776. The van der Waals surface area contributed by atoms with Gasteiger partial charge in [0.05, 0.1) is 13.2 Å². The van der Waals surface area contributed by atoms with Crippen molar-refractivity contribution in [2.45, 2.75) is 166 Å². The molecular formula is C81H118BIO8Si5. The van der Waals surface area contributed by atoms with Gasteiger partial charge in [-0.2, -0.15) is 0 Å². The Hall–Kier alpha value is -7.24. The van der Waals surface area contributed by atoms with E-state index in [1.807, 2.05) is 196 Å². The molecule has 5 aromatic carbocycles. The van der Waals surface area contributed by atoms with Crippen LogP contribution in [0.25, 0.3) is 24.3 Å². The fraction of sp³-hybridized carbons (Fsp3) is 0.358. The van der Waals surface area contributed by atoms with Gasteiger partial charge < -0.3 is 19.7 Å². The summed E-state index contributed by atoms with van der Waals surface area (Å²) in [4.78, 5) is 23.7. The Labute approximate surface area is 605 Å². The van der Waals surface area contributed by atoms with Crippen molar-refractivity contribution in [3.05, 3.63) is 204 Å². The summed E-state index contributed by atoms with van der Waals surface area (Å²) in [5, 5.41) is 24.4. The van der Waals surface area contributed by atoms with Crippen molar-refractivity contribution in [3.63, 3.8) is 0 Å².